The molecule has 0 aromatic heterocycles. The van der Waals surface area contributed by atoms with E-state index in [-0.39, 0.29) is 23.8 Å². The average molecular weight is 158 g/mol. The molecule has 3 heteroatoms. The van der Waals surface area contributed by atoms with Gasteiger partial charge >= 0.3 is 5.97 Å². The second-order valence-electron chi connectivity index (χ2n) is 3.59. The second-order valence-corrected chi connectivity index (χ2v) is 3.59. The molecule has 64 valence electrons. The smallest absolute Gasteiger partial charge is 0.338 e. The molecule has 0 saturated carbocycles. The second kappa shape index (κ2) is 2.48. The van der Waals surface area contributed by atoms with Gasteiger partial charge in [0.25, 0.3) is 0 Å². The first kappa shape index (κ1) is 8.53. The number of rotatable bonds is 2. The van der Waals surface area contributed by atoms with Crippen LogP contribution in [0.15, 0.2) is 0 Å². The molecule has 1 saturated heterocycles. The summed E-state index contributed by atoms with van der Waals surface area (Å²) in [6, 6.07) is 0. The number of hydrogen-bond donors (Lipinski definition) is 0. The van der Waals surface area contributed by atoms with E-state index in [4.69, 9.17) is 9.47 Å². The van der Waals surface area contributed by atoms with Gasteiger partial charge in [-0.1, -0.05) is 0 Å². The fraction of sp³-hybridized carbons (Fsp3) is 0.875. The van der Waals surface area contributed by atoms with Crippen molar-refractivity contribution < 1.29 is 14.3 Å². The zero-order chi connectivity index (χ0) is 8.65. The summed E-state index contributed by atoms with van der Waals surface area (Å²) in [5, 5.41) is 0. The van der Waals surface area contributed by atoms with E-state index in [2.05, 4.69) is 0 Å². The third kappa shape index (κ3) is 1.93. The predicted octanol–water partition coefficient (Wildman–Crippen LogP) is 1.12. The monoisotopic (exact) mass is 158 g/mol. The maximum Gasteiger partial charge on any atom is 0.338 e. The van der Waals surface area contributed by atoms with Gasteiger partial charge in [0.05, 0.1) is 6.10 Å². The van der Waals surface area contributed by atoms with E-state index in [0.717, 1.165) is 0 Å². The standard InChI is InChI=1S/C8H14O3/c1-5(2)10-7(9)6-8(3,4)11-6/h5-6H,1-4H3. The molecule has 3 nitrogen and oxygen atoms in total. The Morgan fingerprint density at radius 2 is 2.00 bits per heavy atom. The number of carbonyl (C=O) groups excluding carboxylic acids is 1. The zero-order valence-corrected chi connectivity index (χ0v) is 7.38. The Hall–Kier alpha value is -0.570. The highest BCUT2D eigenvalue weighted by Crippen LogP contribution is 2.36. The maximum absolute atomic E-state index is 11.1. The van der Waals surface area contributed by atoms with Crippen molar-refractivity contribution in [3.8, 4) is 0 Å². The van der Waals surface area contributed by atoms with Crippen LogP contribution in [0.1, 0.15) is 27.7 Å². The lowest BCUT2D eigenvalue weighted by molar-refractivity contribution is -0.148. The zero-order valence-electron chi connectivity index (χ0n) is 7.38. The van der Waals surface area contributed by atoms with Gasteiger partial charge in [0.2, 0.25) is 0 Å². The predicted molar refractivity (Wildman–Crippen MR) is 40.2 cm³/mol. The maximum atomic E-state index is 11.1. The van der Waals surface area contributed by atoms with Crippen LogP contribution < -0.4 is 0 Å². The largest absolute Gasteiger partial charge is 0.461 e. The quantitative estimate of drug-likeness (QED) is 0.446. The molecule has 0 spiro atoms. The molecule has 0 bridgehead atoms. The Morgan fingerprint density at radius 3 is 2.27 bits per heavy atom. The summed E-state index contributed by atoms with van der Waals surface area (Å²) in [5.74, 6) is -0.245. The summed E-state index contributed by atoms with van der Waals surface area (Å²) in [6.45, 7) is 7.40. The number of hydrogen-bond acceptors (Lipinski definition) is 3. The third-order valence-electron chi connectivity index (χ3n) is 1.56. The highest BCUT2D eigenvalue weighted by Gasteiger charge is 2.54. The molecule has 1 heterocycles. The molecule has 1 fully saturated rings. The fourth-order valence-corrected chi connectivity index (χ4v) is 0.896. The van der Waals surface area contributed by atoms with Crippen molar-refractivity contribution in [3.05, 3.63) is 0 Å². The van der Waals surface area contributed by atoms with E-state index in [0.29, 0.717) is 0 Å². The molecule has 1 rings (SSSR count). The van der Waals surface area contributed by atoms with Gasteiger partial charge < -0.3 is 9.47 Å². The molecule has 0 aliphatic carbocycles. The van der Waals surface area contributed by atoms with Gasteiger partial charge in [0.1, 0.15) is 5.60 Å². The van der Waals surface area contributed by atoms with Crippen LogP contribution in [0.3, 0.4) is 0 Å². The SMILES string of the molecule is CC(C)OC(=O)C1OC1(C)C. The Labute approximate surface area is 66.7 Å². The molecule has 0 aromatic rings. The highest BCUT2D eigenvalue weighted by atomic mass is 16.7. The summed E-state index contributed by atoms with van der Waals surface area (Å²) in [4.78, 5) is 11.1. The normalized spacial score (nSPS) is 26.8. The van der Waals surface area contributed by atoms with E-state index >= 15 is 0 Å². The van der Waals surface area contributed by atoms with E-state index in [1.54, 1.807) is 0 Å². The van der Waals surface area contributed by atoms with Crippen LogP contribution in [-0.2, 0) is 14.3 Å². The minimum absolute atomic E-state index is 0.0532. The lowest BCUT2D eigenvalue weighted by atomic mass is 10.1. The minimum Gasteiger partial charge on any atom is -0.461 e. The van der Waals surface area contributed by atoms with E-state index in [9.17, 15) is 4.79 Å². The molecule has 11 heavy (non-hydrogen) atoms. The van der Waals surface area contributed by atoms with Crippen LogP contribution in [0.4, 0.5) is 0 Å². The fourth-order valence-electron chi connectivity index (χ4n) is 0.896. The van der Waals surface area contributed by atoms with Crippen molar-refractivity contribution in [2.75, 3.05) is 0 Å². The lowest BCUT2D eigenvalue weighted by Gasteiger charge is -2.05. The molecule has 0 radical (unpaired) electrons. The van der Waals surface area contributed by atoms with Crippen molar-refractivity contribution >= 4 is 5.97 Å². The Morgan fingerprint density at radius 1 is 1.55 bits per heavy atom. The van der Waals surface area contributed by atoms with Gasteiger partial charge in [-0.05, 0) is 27.7 Å². The third-order valence-corrected chi connectivity index (χ3v) is 1.56. The molecule has 0 aromatic carbocycles. The molecule has 1 unspecified atom stereocenters. The first-order valence-corrected chi connectivity index (χ1v) is 3.82. The van der Waals surface area contributed by atoms with E-state index in [1.165, 1.54) is 0 Å². The summed E-state index contributed by atoms with van der Waals surface area (Å²) < 4.78 is 10.0. The first-order valence-electron chi connectivity index (χ1n) is 3.82. The summed E-state index contributed by atoms with van der Waals surface area (Å²) in [6.07, 6.45) is -0.396. The van der Waals surface area contributed by atoms with Crippen molar-refractivity contribution in [1.29, 1.82) is 0 Å². The lowest BCUT2D eigenvalue weighted by Crippen LogP contribution is -2.20. The topological polar surface area (TPSA) is 38.8 Å². The first-order chi connectivity index (χ1) is 4.93. The van der Waals surface area contributed by atoms with Crippen molar-refractivity contribution in [3.63, 3.8) is 0 Å². The number of esters is 1. The van der Waals surface area contributed by atoms with E-state index < -0.39 is 0 Å². The van der Waals surface area contributed by atoms with Gasteiger partial charge in [0, 0.05) is 0 Å². The molecular formula is C8H14O3. The molecule has 0 amide bonds. The highest BCUT2D eigenvalue weighted by molar-refractivity contribution is 5.79. The van der Waals surface area contributed by atoms with Gasteiger partial charge in [0.15, 0.2) is 6.10 Å². The Balaban J connectivity index is 2.34. The van der Waals surface area contributed by atoms with Crippen LogP contribution in [-0.4, -0.2) is 23.8 Å². The summed E-state index contributed by atoms with van der Waals surface area (Å²) in [7, 11) is 0. The van der Waals surface area contributed by atoms with Crippen molar-refractivity contribution in [2.45, 2.75) is 45.5 Å². The Kier molecular flexibility index (Phi) is 1.92. The van der Waals surface area contributed by atoms with E-state index in [1.807, 2.05) is 27.7 Å². The van der Waals surface area contributed by atoms with Crippen LogP contribution in [0.25, 0.3) is 0 Å². The van der Waals surface area contributed by atoms with Gasteiger partial charge in [-0.15, -0.1) is 0 Å². The van der Waals surface area contributed by atoms with Crippen molar-refractivity contribution in [2.24, 2.45) is 0 Å². The molecule has 1 aliphatic heterocycles. The summed E-state index contributed by atoms with van der Waals surface area (Å²) in [5.41, 5.74) is -0.300. The molecular weight excluding hydrogens is 144 g/mol. The van der Waals surface area contributed by atoms with Crippen LogP contribution in [0, 0.1) is 0 Å². The molecule has 1 atom stereocenters. The van der Waals surface area contributed by atoms with Crippen molar-refractivity contribution in [1.82, 2.24) is 0 Å². The number of epoxide rings is 1. The van der Waals surface area contributed by atoms with Gasteiger partial charge in [-0.3, -0.25) is 0 Å². The molecule has 1 aliphatic rings. The van der Waals surface area contributed by atoms with Gasteiger partial charge in [-0.2, -0.15) is 0 Å². The number of ether oxygens (including phenoxy) is 2. The molecule has 0 N–H and O–H groups in total. The summed E-state index contributed by atoms with van der Waals surface area (Å²) >= 11 is 0. The van der Waals surface area contributed by atoms with Crippen LogP contribution >= 0.6 is 0 Å². The minimum atomic E-state index is -0.343. The average Bonchev–Trinajstić information content (AvgIpc) is 2.38. The van der Waals surface area contributed by atoms with Crippen LogP contribution in [0.5, 0.6) is 0 Å². The van der Waals surface area contributed by atoms with Crippen LogP contribution in [0.2, 0.25) is 0 Å². The van der Waals surface area contributed by atoms with Gasteiger partial charge in [-0.25, -0.2) is 4.79 Å². The Bertz CT molecular complexity index is 172. The number of carbonyl (C=O) groups is 1.